The molecule has 0 aliphatic carbocycles. The van der Waals surface area contributed by atoms with Gasteiger partial charge < -0.3 is 19.4 Å². The van der Waals surface area contributed by atoms with Gasteiger partial charge in [0.15, 0.2) is 0 Å². The number of rotatable bonds is 5. The zero-order chi connectivity index (χ0) is 18.4. The quantitative estimate of drug-likeness (QED) is 0.743. The van der Waals surface area contributed by atoms with Crippen molar-refractivity contribution in [3.05, 3.63) is 29.8 Å². The maximum absolute atomic E-state index is 12.5. The number of benzene rings is 1. The van der Waals surface area contributed by atoms with E-state index >= 15 is 0 Å². The van der Waals surface area contributed by atoms with Crippen LogP contribution in [-0.2, 0) is 14.3 Å². The molecule has 2 rings (SSSR count). The number of ether oxygens (including phenoxy) is 1. The molecule has 7 heteroatoms. The van der Waals surface area contributed by atoms with E-state index in [9.17, 15) is 14.4 Å². The highest BCUT2D eigenvalue weighted by atomic mass is 16.5. The van der Waals surface area contributed by atoms with E-state index in [1.165, 1.54) is 11.8 Å². The van der Waals surface area contributed by atoms with Crippen LogP contribution in [0.5, 0.6) is 0 Å². The van der Waals surface area contributed by atoms with E-state index in [0.29, 0.717) is 30.9 Å². The molecule has 1 saturated heterocycles. The second-order valence-corrected chi connectivity index (χ2v) is 6.06. The molecule has 0 aromatic heterocycles. The van der Waals surface area contributed by atoms with Crippen molar-refractivity contribution in [1.29, 1.82) is 0 Å². The Balaban J connectivity index is 2.06. The highest BCUT2D eigenvalue weighted by molar-refractivity contribution is 5.98. The molecule has 0 spiro atoms. The second-order valence-electron chi connectivity index (χ2n) is 6.06. The van der Waals surface area contributed by atoms with Crippen LogP contribution in [0.15, 0.2) is 24.3 Å². The molecule has 1 fully saturated rings. The van der Waals surface area contributed by atoms with E-state index in [4.69, 9.17) is 4.74 Å². The topological polar surface area (TPSA) is 70.2 Å². The average molecular weight is 347 g/mol. The molecule has 1 heterocycles. The summed E-state index contributed by atoms with van der Waals surface area (Å²) < 4.78 is 4.94. The maximum atomic E-state index is 12.5. The Hall–Kier alpha value is -2.41. The van der Waals surface area contributed by atoms with Crippen molar-refractivity contribution < 1.29 is 19.1 Å². The van der Waals surface area contributed by atoms with Crippen LogP contribution in [0.1, 0.15) is 24.2 Å². The lowest BCUT2D eigenvalue weighted by molar-refractivity contribution is -0.132. The molecule has 0 saturated carbocycles. The van der Waals surface area contributed by atoms with Gasteiger partial charge in [0.25, 0.3) is 0 Å². The van der Waals surface area contributed by atoms with Gasteiger partial charge in [-0.3, -0.25) is 9.59 Å². The van der Waals surface area contributed by atoms with Crippen LogP contribution in [-0.4, -0.2) is 74.0 Å². The first-order chi connectivity index (χ1) is 11.9. The zero-order valence-electron chi connectivity index (χ0n) is 15.0. The number of piperazine rings is 1. The maximum Gasteiger partial charge on any atom is 0.338 e. The van der Waals surface area contributed by atoms with Gasteiger partial charge in [0.05, 0.1) is 12.2 Å². The number of likely N-dealkylation sites (N-methyl/N-ethyl adjacent to an activating group) is 1. The van der Waals surface area contributed by atoms with E-state index in [0.717, 1.165) is 13.1 Å². The van der Waals surface area contributed by atoms with Crippen molar-refractivity contribution in [2.24, 2.45) is 0 Å². The van der Waals surface area contributed by atoms with Crippen LogP contribution in [0.2, 0.25) is 0 Å². The van der Waals surface area contributed by atoms with Crippen LogP contribution in [0.25, 0.3) is 0 Å². The lowest BCUT2D eigenvalue weighted by Crippen LogP contribution is -2.50. The van der Waals surface area contributed by atoms with Gasteiger partial charge in [-0.1, -0.05) is 0 Å². The largest absolute Gasteiger partial charge is 0.462 e. The molecule has 1 aliphatic rings. The summed E-state index contributed by atoms with van der Waals surface area (Å²) in [4.78, 5) is 41.6. The number of hydrogen-bond acceptors (Lipinski definition) is 5. The van der Waals surface area contributed by atoms with Crippen LogP contribution in [0, 0.1) is 0 Å². The van der Waals surface area contributed by atoms with Crippen LogP contribution < -0.4 is 4.90 Å². The van der Waals surface area contributed by atoms with Gasteiger partial charge in [0, 0.05) is 38.8 Å². The van der Waals surface area contributed by atoms with E-state index in [-0.39, 0.29) is 18.4 Å². The minimum absolute atomic E-state index is 0.00218. The van der Waals surface area contributed by atoms with Crippen molar-refractivity contribution in [3.63, 3.8) is 0 Å². The van der Waals surface area contributed by atoms with Crippen LogP contribution in [0.3, 0.4) is 0 Å². The third kappa shape index (κ3) is 5.03. The number of esters is 1. The molecule has 136 valence electrons. The molecule has 7 nitrogen and oxygen atoms in total. The summed E-state index contributed by atoms with van der Waals surface area (Å²) in [7, 11) is 2.02. The number of nitrogens with zero attached hydrogens (tertiary/aromatic N) is 3. The fourth-order valence-corrected chi connectivity index (χ4v) is 2.67. The summed E-state index contributed by atoms with van der Waals surface area (Å²) in [6.07, 6.45) is 0. The minimum atomic E-state index is -0.406. The SMILES string of the molecule is CCOC(=O)c1ccc(N(CC(=O)N2CCN(C)CC2)C(C)=O)cc1. The van der Waals surface area contributed by atoms with Gasteiger partial charge in [-0.25, -0.2) is 4.79 Å². The lowest BCUT2D eigenvalue weighted by atomic mass is 10.2. The summed E-state index contributed by atoms with van der Waals surface area (Å²) >= 11 is 0. The van der Waals surface area contributed by atoms with Crippen molar-refractivity contribution in [2.45, 2.75) is 13.8 Å². The molecule has 1 aromatic rings. The highest BCUT2D eigenvalue weighted by Gasteiger charge is 2.23. The van der Waals surface area contributed by atoms with E-state index in [1.807, 2.05) is 7.05 Å². The molecule has 0 atom stereocenters. The van der Waals surface area contributed by atoms with Gasteiger partial charge in [0.1, 0.15) is 6.54 Å². The van der Waals surface area contributed by atoms with Crippen molar-refractivity contribution in [2.75, 3.05) is 51.3 Å². The monoisotopic (exact) mass is 347 g/mol. The fourth-order valence-electron chi connectivity index (χ4n) is 2.67. The number of amides is 2. The van der Waals surface area contributed by atoms with Gasteiger partial charge in [-0.05, 0) is 38.2 Å². The number of carbonyl (C=O) groups excluding carboxylic acids is 3. The van der Waals surface area contributed by atoms with Crippen molar-refractivity contribution in [3.8, 4) is 0 Å². The highest BCUT2D eigenvalue weighted by Crippen LogP contribution is 2.17. The van der Waals surface area contributed by atoms with Gasteiger partial charge in [0.2, 0.25) is 11.8 Å². The zero-order valence-corrected chi connectivity index (χ0v) is 15.0. The van der Waals surface area contributed by atoms with Crippen molar-refractivity contribution >= 4 is 23.5 Å². The normalized spacial score (nSPS) is 14.9. The van der Waals surface area contributed by atoms with Crippen LogP contribution in [0.4, 0.5) is 5.69 Å². The molecule has 0 radical (unpaired) electrons. The van der Waals surface area contributed by atoms with Gasteiger partial charge in [-0.15, -0.1) is 0 Å². The average Bonchev–Trinajstić information content (AvgIpc) is 2.60. The first-order valence-corrected chi connectivity index (χ1v) is 8.44. The standard InChI is InChI=1S/C18H25N3O4/c1-4-25-18(24)15-5-7-16(8-6-15)21(14(2)22)13-17(23)20-11-9-19(3)10-12-20/h5-8H,4,9-13H2,1-3H3. The molecule has 2 amide bonds. The Kier molecular flexibility index (Phi) is 6.52. The Labute approximate surface area is 148 Å². The van der Waals surface area contributed by atoms with E-state index in [1.54, 1.807) is 36.1 Å². The second kappa shape index (κ2) is 8.62. The first-order valence-electron chi connectivity index (χ1n) is 8.44. The third-order valence-electron chi connectivity index (χ3n) is 4.22. The molecular formula is C18H25N3O4. The van der Waals surface area contributed by atoms with Crippen molar-refractivity contribution in [1.82, 2.24) is 9.80 Å². The Morgan fingerprint density at radius 1 is 1.08 bits per heavy atom. The van der Waals surface area contributed by atoms with E-state index < -0.39 is 5.97 Å². The Morgan fingerprint density at radius 3 is 2.20 bits per heavy atom. The van der Waals surface area contributed by atoms with Gasteiger partial charge >= 0.3 is 5.97 Å². The molecule has 1 aromatic carbocycles. The third-order valence-corrected chi connectivity index (χ3v) is 4.22. The first kappa shape index (κ1) is 18.9. The van der Waals surface area contributed by atoms with Gasteiger partial charge in [-0.2, -0.15) is 0 Å². The summed E-state index contributed by atoms with van der Waals surface area (Å²) in [6, 6.07) is 6.52. The van der Waals surface area contributed by atoms with Crippen LogP contribution >= 0.6 is 0 Å². The molecule has 1 aliphatic heterocycles. The summed E-state index contributed by atoms with van der Waals surface area (Å²) in [5, 5.41) is 0. The predicted molar refractivity (Wildman–Crippen MR) is 94.5 cm³/mol. The molecule has 0 unspecified atom stereocenters. The molecule has 25 heavy (non-hydrogen) atoms. The Bertz CT molecular complexity index is 622. The summed E-state index contributed by atoms with van der Waals surface area (Å²) in [5.74, 6) is -0.693. The molecular weight excluding hydrogens is 322 g/mol. The molecule has 0 bridgehead atoms. The summed E-state index contributed by atoms with van der Waals surface area (Å²) in [6.45, 7) is 6.48. The fraction of sp³-hybridized carbons (Fsp3) is 0.500. The smallest absolute Gasteiger partial charge is 0.338 e. The molecule has 0 N–H and O–H groups in total. The Morgan fingerprint density at radius 2 is 1.68 bits per heavy atom. The number of anilines is 1. The lowest BCUT2D eigenvalue weighted by Gasteiger charge is -2.33. The number of hydrogen-bond donors (Lipinski definition) is 0. The minimum Gasteiger partial charge on any atom is -0.462 e. The number of carbonyl (C=O) groups is 3. The van der Waals surface area contributed by atoms with E-state index in [2.05, 4.69) is 4.90 Å². The summed E-state index contributed by atoms with van der Waals surface area (Å²) in [5.41, 5.74) is 1.00. The predicted octanol–water partition coefficient (Wildman–Crippen LogP) is 0.990.